The van der Waals surface area contributed by atoms with Gasteiger partial charge in [-0.3, -0.25) is 4.79 Å². The fourth-order valence-corrected chi connectivity index (χ4v) is 3.31. The Balaban J connectivity index is 1.88. The summed E-state index contributed by atoms with van der Waals surface area (Å²) in [5, 5.41) is 3.33. The first-order valence-corrected chi connectivity index (χ1v) is 9.15. The first kappa shape index (κ1) is 17.8. The van der Waals surface area contributed by atoms with E-state index in [1.807, 2.05) is 32.0 Å². The molecule has 0 bridgehead atoms. The summed E-state index contributed by atoms with van der Waals surface area (Å²) in [6, 6.07) is 10.8. The molecule has 0 fully saturated rings. The lowest BCUT2D eigenvalue weighted by molar-refractivity contribution is 0.0635. The SMILES string of the molecule is CC(C)CN1C(=O)c2ccccc2NC1c1ccc(CSC(F)F)o1. The molecule has 0 spiro atoms. The van der Waals surface area contributed by atoms with Crippen LogP contribution < -0.4 is 5.32 Å². The maximum absolute atomic E-state index is 12.9. The number of fused-ring (bicyclic) bond motifs is 1. The van der Waals surface area contributed by atoms with Crippen molar-refractivity contribution < 1.29 is 18.0 Å². The third-order valence-electron chi connectivity index (χ3n) is 3.89. The quantitative estimate of drug-likeness (QED) is 0.785. The molecule has 0 aliphatic carbocycles. The fourth-order valence-electron chi connectivity index (χ4n) is 2.86. The predicted octanol–water partition coefficient (Wildman–Crippen LogP) is 4.96. The van der Waals surface area contributed by atoms with Gasteiger partial charge in [0.15, 0.2) is 6.17 Å². The van der Waals surface area contributed by atoms with Crippen LogP contribution in [0.15, 0.2) is 40.8 Å². The van der Waals surface area contributed by atoms with Gasteiger partial charge in [0.25, 0.3) is 11.7 Å². The molecule has 0 saturated heterocycles. The van der Waals surface area contributed by atoms with E-state index >= 15 is 0 Å². The van der Waals surface area contributed by atoms with Crippen LogP contribution in [-0.4, -0.2) is 23.1 Å². The molecule has 1 aliphatic heterocycles. The number of rotatable bonds is 6. The van der Waals surface area contributed by atoms with Crippen LogP contribution in [0.25, 0.3) is 0 Å². The first-order valence-electron chi connectivity index (χ1n) is 8.10. The van der Waals surface area contributed by atoms with Crippen LogP contribution >= 0.6 is 11.8 Å². The Morgan fingerprint density at radius 3 is 2.72 bits per heavy atom. The fraction of sp³-hybridized carbons (Fsp3) is 0.389. The Kier molecular flexibility index (Phi) is 5.32. The van der Waals surface area contributed by atoms with Crippen molar-refractivity contribution >= 4 is 23.4 Å². The summed E-state index contributed by atoms with van der Waals surface area (Å²) in [5.74, 6) is -1.10. The molecule has 1 unspecified atom stereocenters. The zero-order valence-corrected chi connectivity index (χ0v) is 14.9. The summed E-state index contributed by atoms with van der Waals surface area (Å²) in [7, 11) is 0. The van der Waals surface area contributed by atoms with Crippen LogP contribution in [0.2, 0.25) is 0 Å². The zero-order chi connectivity index (χ0) is 18.0. The third-order valence-corrected chi connectivity index (χ3v) is 4.59. The lowest BCUT2D eigenvalue weighted by Gasteiger charge is -2.37. The average Bonchev–Trinajstić information content (AvgIpc) is 3.04. The van der Waals surface area contributed by atoms with Gasteiger partial charge in [-0.2, -0.15) is 8.78 Å². The normalized spacial score (nSPS) is 17.1. The minimum Gasteiger partial charge on any atom is -0.461 e. The minimum atomic E-state index is -2.44. The van der Waals surface area contributed by atoms with Gasteiger partial charge in [-0.05, 0) is 30.2 Å². The second kappa shape index (κ2) is 7.47. The van der Waals surface area contributed by atoms with Gasteiger partial charge in [-0.15, -0.1) is 0 Å². The molecule has 4 nitrogen and oxygen atoms in total. The monoisotopic (exact) mass is 366 g/mol. The Bertz CT molecular complexity index is 748. The third kappa shape index (κ3) is 3.98. The van der Waals surface area contributed by atoms with Crippen LogP contribution in [0.3, 0.4) is 0 Å². The maximum Gasteiger partial charge on any atom is 0.284 e. The van der Waals surface area contributed by atoms with E-state index < -0.39 is 11.9 Å². The van der Waals surface area contributed by atoms with Gasteiger partial charge in [0.2, 0.25) is 0 Å². The highest BCUT2D eigenvalue weighted by atomic mass is 32.2. The molecule has 2 heterocycles. The summed E-state index contributed by atoms with van der Waals surface area (Å²) < 4.78 is 30.5. The second-order valence-corrected chi connectivity index (χ2v) is 7.30. The highest BCUT2D eigenvalue weighted by molar-refractivity contribution is 7.98. The number of carbonyl (C=O) groups is 1. The van der Waals surface area contributed by atoms with Gasteiger partial charge in [-0.1, -0.05) is 37.7 Å². The summed E-state index contributed by atoms with van der Waals surface area (Å²) in [6.45, 7) is 4.64. The number of alkyl halides is 2. The van der Waals surface area contributed by atoms with E-state index in [4.69, 9.17) is 4.42 Å². The number of nitrogens with zero attached hydrogens (tertiary/aromatic N) is 1. The molecule has 1 aromatic heterocycles. The van der Waals surface area contributed by atoms with Gasteiger partial charge < -0.3 is 14.6 Å². The van der Waals surface area contributed by atoms with Crippen molar-refractivity contribution in [2.45, 2.75) is 31.5 Å². The predicted molar refractivity (Wildman–Crippen MR) is 94.7 cm³/mol. The van der Waals surface area contributed by atoms with E-state index in [2.05, 4.69) is 5.32 Å². The van der Waals surface area contributed by atoms with Gasteiger partial charge in [0.1, 0.15) is 11.5 Å². The first-order chi connectivity index (χ1) is 12.0. The number of hydrogen-bond donors (Lipinski definition) is 1. The van der Waals surface area contributed by atoms with Crippen molar-refractivity contribution in [2.24, 2.45) is 5.92 Å². The van der Waals surface area contributed by atoms with Crippen molar-refractivity contribution in [1.29, 1.82) is 0 Å². The molecule has 1 aromatic carbocycles. The van der Waals surface area contributed by atoms with Gasteiger partial charge in [0, 0.05) is 12.2 Å². The minimum absolute atomic E-state index is 0.0621. The number of carbonyl (C=O) groups excluding carboxylic acids is 1. The van der Waals surface area contributed by atoms with Crippen molar-refractivity contribution in [3.63, 3.8) is 0 Å². The largest absolute Gasteiger partial charge is 0.461 e. The summed E-state index contributed by atoms with van der Waals surface area (Å²) in [4.78, 5) is 14.6. The number of thioether (sulfide) groups is 1. The van der Waals surface area contributed by atoms with Gasteiger partial charge in [-0.25, -0.2) is 0 Å². The molecular formula is C18H20F2N2O2S. The van der Waals surface area contributed by atoms with Crippen LogP contribution in [0, 0.1) is 5.92 Å². The number of halogens is 2. The Morgan fingerprint density at radius 2 is 2.00 bits per heavy atom. The number of furan rings is 1. The van der Waals surface area contributed by atoms with E-state index in [0.29, 0.717) is 35.4 Å². The van der Waals surface area contributed by atoms with E-state index in [1.165, 1.54) is 0 Å². The average molecular weight is 366 g/mol. The van der Waals surface area contributed by atoms with E-state index in [-0.39, 0.29) is 17.6 Å². The molecular weight excluding hydrogens is 346 g/mol. The standard InChI is InChI=1S/C18H20F2N2O2S/c1-11(2)9-22-16(15-8-7-12(24-15)10-25-18(19)20)21-14-6-4-3-5-13(14)17(22)23/h3-8,11,16,18,21H,9-10H2,1-2H3. The molecule has 2 aromatic rings. The maximum atomic E-state index is 12.9. The lowest BCUT2D eigenvalue weighted by atomic mass is 10.0. The Hall–Kier alpha value is -2.02. The molecule has 25 heavy (non-hydrogen) atoms. The smallest absolute Gasteiger partial charge is 0.284 e. The van der Waals surface area contributed by atoms with Crippen LogP contribution in [0.5, 0.6) is 0 Å². The highest BCUT2D eigenvalue weighted by Crippen LogP contribution is 2.34. The molecule has 7 heteroatoms. The number of benzene rings is 1. The van der Waals surface area contributed by atoms with E-state index in [1.54, 1.807) is 23.1 Å². The summed E-state index contributed by atoms with van der Waals surface area (Å²) >= 11 is 0.517. The molecule has 1 N–H and O–H groups in total. The highest BCUT2D eigenvalue weighted by Gasteiger charge is 2.34. The molecule has 1 atom stereocenters. The zero-order valence-electron chi connectivity index (χ0n) is 14.0. The van der Waals surface area contributed by atoms with Crippen LogP contribution in [0.1, 0.15) is 41.9 Å². The molecule has 134 valence electrons. The summed E-state index contributed by atoms with van der Waals surface area (Å²) in [5.41, 5.74) is 1.37. The molecule has 3 rings (SSSR count). The van der Waals surface area contributed by atoms with Gasteiger partial charge in [0.05, 0.1) is 11.3 Å². The number of hydrogen-bond acceptors (Lipinski definition) is 4. The van der Waals surface area contributed by atoms with Crippen molar-refractivity contribution in [2.75, 3.05) is 11.9 Å². The molecule has 0 radical (unpaired) electrons. The number of nitrogens with one attached hydrogen (secondary N) is 1. The lowest BCUT2D eigenvalue weighted by Crippen LogP contribution is -2.44. The molecule has 1 aliphatic rings. The van der Waals surface area contributed by atoms with Crippen LogP contribution in [0.4, 0.5) is 14.5 Å². The summed E-state index contributed by atoms with van der Waals surface area (Å²) in [6.07, 6.45) is -0.449. The Morgan fingerprint density at radius 1 is 1.24 bits per heavy atom. The van der Waals surface area contributed by atoms with Crippen LogP contribution in [-0.2, 0) is 5.75 Å². The molecule has 0 saturated carbocycles. The van der Waals surface area contributed by atoms with Crippen molar-refractivity contribution in [3.8, 4) is 0 Å². The Labute approximate surface area is 149 Å². The van der Waals surface area contributed by atoms with E-state index in [9.17, 15) is 13.6 Å². The van der Waals surface area contributed by atoms with Crippen molar-refractivity contribution in [1.82, 2.24) is 4.90 Å². The topological polar surface area (TPSA) is 45.5 Å². The number of para-hydroxylation sites is 1. The van der Waals surface area contributed by atoms with Gasteiger partial charge >= 0.3 is 0 Å². The second-order valence-electron chi connectivity index (χ2n) is 6.32. The number of anilines is 1. The number of amides is 1. The van der Waals surface area contributed by atoms with Crippen molar-refractivity contribution in [3.05, 3.63) is 53.5 Å². The van der Waals surface area contributed by atoms with E-state index in [0.717, 1.165) is 5.69 Å². The molecule has 1 amide bonds.